The molecule has 5 atom stereocenters. The highest BCUT2D eigenvalue weighted by molar-refractivity contribution is 5.74. The highest BCUT2D eigenvalue weighted by Gasteiger charge is 2.53. The van der Waals surface area contributed by atoms with E-state index in [1.165, 1.54) is 20.9 Å². The van der Waals surface area contributed by atoms with E-state index in [9.17, 15) is 24.0 Å². The third-order valence-electron chi connectivity index (χ3n) is 3.90. The summed E-state index contributed by atoms with van der Waals surface area (Å²) in [5.41, 5.74) is 0. The third kappa shape index (κ3) is 6.48. The van der Waals surface area contributed by atoms with Crippen LogP contribution in [-0.4, -0.2) is 79.0 Å². The maximum atomic E-state index is 11.9. The zero-order valence-electron chi connectivity index (χ0n) is 16.6. The molecule has 11 heteroatoms. The molecule has 1 fully saturated rings. The number of esters is 4. The van der Waals surface area contributed by atoms with Gasteiger partial charge in [0.25, 0.3) is 0 Å². The lowest BCUT2D eigenvalue weighted by atomic mass is 9.95. The molecule has 0 N–H and O–H groups in total. The van der Waals surface area contributed by atoms with Crippen LogP contribution in [-0.2, 0) is 47.7 Å². The van der Waals surface area contributed by atoms with Gasteiger partial charge in [0.2, 0.25) is 12.2 Å². The summed E-state index contributed by atoms with van der Waals surface area (Å²) in [6.07, 6.45) is -4.94. The molecule has 0 aliphatic carbocycles. The number of hydrogen-bond acceptors (Lipinski definition) is 10. The van der Waals surface area contributed by atoms with Crippen molar-refractivity contribution < 1.29 is 47.7 Å². The van der Waals surface area contributed by atoms with E-state index in [2.05, 4.69) is 0 Å². The van der Waals surface area contributed by atoms with Crippen LogP contribution < -0.4 is 0 Å². The molecule has 0 bridgehead atoms. The summed E-state index contributed by atoms with van der Waals surface area (Å²) in [6.45, 7) is 5.46. The topological polar surface area (TPSA) is 135 Å². The molecule has 11 nitrogen and oxygen atoms in total. The standard InChI is InChI=1S/C17H25NO10/c1-8(19)18(6)14-16(26-11(4)22)15(25-10(3)21)13(7-24-9(2)20)28-17(14)27-12(5)23/h13-17H,7H2,1-6H3/t13-,14-,15+,16-,17-/m0/s1. The zero-order valence-corrected chi connectivity index (χ0v) is 16.6. The van der Waals surface area contributed by atoms with E-state index in [-0.39, 0.29) is 6.61 Å². The molecule has 0 aromatic heterocycles. The minimum Gasteiger partial charge on any atom is -0.463 e. The lowest BCUT2D eigenvalue weighted by Gasteiger charge is -2.47. The van der Waals surface area contributed by atoms with Crippen LogP contribution in [0.25, 0.3) is 0 Å². The van der Waals surface area contributed by atoms with Gasteiger partial charge in [-0.25, -0.2) is 0 Å². The molecule has 158 valence electrons. The fraction of sp³-hybridized carbons (Fsp3) is 0.706. The fourth-order valence-corrected chi connectivity index (χ4v) is 2.76. The second-order valence-electron chi connectivity index (χ2n) is 6.22. The molecular formula is C17H25NO10. The number of hydrogen-bond donors (Lipinski definition) is 0. The largest absolute Gasteiger partial charge is 0.463 e. The second-order valence-corrected chi connectivity index (χ2v) is 6.22. The minimum atomic E-state index is -1.36. The number of amides is 1. The van der Waals surface area contributed by atoms with Gasteiger partial charge < -0.3 is 28.6 Å². The first-order valence-corrected chi connectivity index (χ1v) is 8.47. The number of carbonyl (C=O) groups is 5. The van der Waals surface area contributed by atoms with Gasteiger partial charge in [-0.3, -0.25) is 24.0 Å². The van der Waals surface area contributed by atoms with Crippen LogP contribution in [0.5, 0.6) is 0 Å². The Labute approximate surface area is 162 Å². The smallest absolute Gasteiger partial charge is 0.305 e. The predicted octanol–water partition coefficient (Wildman–Crippen LogP) is -0.452. The Balaban J connectivity index is 3.39. The number of ether oxygens (including phenoxy) is 5. The SMILES string of the molecule is CC(=O)OC[C@@H]1O[C@H](OC(C)=O)[C@@H](N(C)C(C)=O)[C@H](OC(C)=O)[C@@H]1OC(C)=O. The Morgan fingerprint density at radius 2 is 1.29 bits per heavy atom. The number of rotatable bonds is 6. The van der Waals surface area contributed by atoms with Crippen LogP contribution in [0.1, 0.15) is 34.6 Å². The van der Waals surface area contributed by atoms with Crippen molar-refractivity contribution in [1.29, 1.82) is 0 Å². The third-order valence-corrected chi connectivity index (χ3v) is 3.90. The van der Waals surface area contributed by atoms with E-state index in [1.807, 2.05) is 0 Å². The summed E-state index contributed by atoms with van der Waals surface area (Å²) < 4.78 is 26.3. The van der Waals surface area contributed by atoms with Gasteiger partial charge in [-0.2, -0.15) is 0 Å². The number of carbonyl (C=O) groups excluding carboxylic acids is 5. The molecule has 1 amide bonds. The Morgan fingerprint density at radius 1 is 0.786 bits per heavy atom. The van der Waals surface area contributed by atoms with Crippen molar-refractivity contribution in [2.24, 2.45) is 0 Å². The molecule has 1 saturated heterocycles. The van der Waals surface area contributed by atoms with E-state index in [0.29, 0.717) is 0 Å². The van der Waals surface area contributed by atoms with E-state index in [1.54, 1.807) is 0 Å². The fourth-order valence-electron chi connectivity index (χ4n) is 2.76. The zero-order chi connectivity index (χ0) is 21.6. The van der Waals surface area contributed by atoms with Crippen LogP contribution in [0.15, 0.2) is 0 Å². The first kappa shape index (κ1) is 23.3. The van der Waals surface area contributed by atoms with Crippen molar-refractivity contribution in [3.63, 3.8) is 0 Å². The molecule has 0 saturated carbocycles. The molecule has 0 aromatic carbocycles. The Kier molecular flexibility index (Phi) is 8.35. The molecule has 1 heterocycles. The summed E-state index contributed by atoms with van der Waals surface area (Å²) in [7, 11) is 1.39. The van der Waals surface area contributed by atoms with Crippen LogP contribution in [0.4, 0.5) is 0 Å². The summed E-state index contributed by atoms with van der Waals surface area (Å²) in [4.78, 5) is 59.1. The lowest BCUT2D eigenvalue weighted by molar-refractivity contribution is -0.282. The maximum absolute atomic E-state index is 11.9. The highest BCUT2D eigenvalue weighted by atomic mass is 16.7. The van der Waals surface area contributed by atoms with E-state index in [4.69, 9.17) is 23.7 Å². The predicted molar refractivity (Wildman–Crippen MR) is 90.4 cm³/mol. The van der Waals surface area contributed by atoms with Crippen molar-refractivity contribution in [1.82, 2.24) is 4.90 Å². The van der Waals surface area contributed by atoms with Crippen molar-refractivity contribution in [3.8, 4) is 0 Å². The first-order chi connectivity index (χ1) is 12.9. The molecule has 1 aliphatic heterocycles. The van der Waals surface area contributed by atoms with E-state index < -0.39 is 60.4 Å². The van der Waals surface area contributed by atoms with Gasteiger partial charge in [0.15, 0.2) is 12.2 Å². The number of nitrogens with zero attached hydrogens (tertiary/aromatic N) is 1. The summed E-state index contributed by atoms with van der Waals surface area (Å²) in [5, 5.41) is 0. The Hall–Kier alpha value is -2.69. The van der Waals surface area contributed by atoms with E-state index in [0.717, 1.165) is 25.7 Å². The molecule has 1 rings (SSSR count). The molecule has 28 heavy (non-hydrogen) atoms. The second kappa shape index (κ2) is 10.0. The maximum Gasteiger partial charge on any atom is 0.305 e. The number of likely N-dealkylation sites (N-methyl/N-ethyl adjacent to an activating group) is 1. The monoisotopic (exact) mass is 403 g/mol. The Morgan fingerprint density at radius 3 is 1.71 bits per heavy atom. The van der Waals surface area contributed by atoms with Gasteiger partial charge in [-0.15, -0.1) is 0 Å². The quantitative estimate of drug-likeness (QED) is 0.424. The summed E-state index contributed by atoms with van der Waals surface area (Å²) in [5.74, 6) is -3.22. The average molecular weight is 403 g/mol. The molecule has 0 spiro atoms. The van der Waals surface area contributed by atoms with Crippen LogP contribution in [0.3, 0.4) is 0 Å². The molecule has 1 aliphatic rings. The highest BCUT2D eigenvalue weighted by Crippen LogP contribution is 2.30. The molecular weight excluding hydrogens is 378 g/mol. The van der Waals surface area contributed by atoms with Crippen LogP contribution in [0.2, 0.25) is 0 Å². The first-order valence-electron chi connectivity index (χ1n) is 8.47. The van der Waals surface area contributed by atoms with Crippen molar-refractivity contribution in [3.05, 3.63) is 0 Å². The normalized spacial score (nSPS) is 26.6. The van der Waals surface area contributed by atoms with Crippen LogP contribution in [0, 0.1) is 0 Å². The van der Waals surface area contributed by atoms with Gasteiger partial charge in [0.1, 0.15) is 18.8 Å². The van der Waals surface area contributed by atoms with Gasteiger partial charge in [-0.05, 0) is 0 Å². The molecule has 0 radical (unpaired) electrons. The Bertz CT molecular complexity index is 633. The molecule has 0 unspecified atom stereocenters. The lowest BCUT2D eigenvalue weighted by Crippen LogP contribution is -2.66. The van der Waals surface area contributed by atoms with Crippen molar-refractivity contribution in [2.75, 3.05) is 13.7 Å². The molecule has 0 aromatic rings. The average Bonchev–Trinajstić information content (AvgIpc) is 2.53. The van der Waals surface area contributed by atoms with Gasteiger partial charge >= 0.3 is 23.9 Å². The van der Waals surface area contributed by atoms with E-state index >= 15 is 0 Å². The van der Waals surface area contributed by atoms with Gasteiger partial charge in [0.05, 0.1) is 0 Å². The van der Waals surface area contributed by atoms with Gasteiger partial charge in [-0.1, -0.05) is 0 Å². The van der Waals surface area contributed by atoms with Crippen molar-refractivity contribution in [2.45, 2.75) is 65.3 Å². The summed E-state index contributed by atoms with van der Waals surface area (Å²) >= 11 is 0. The summed E-state index contributed by atoms with van der Waals surface area (Å²) in [6, 6.07) is -1.11. The van der Waals surface area contributed by atoms with Crippen LogP contribution >= 0.6 is 0 Å². The van der Waals surface area contributed by atoms with Crippen molar-refractivity contribution >= 4 is 29.8 Å². The minimum absolute atomic E-state index is 0.362. The van der Waals surface area contributed by atoms with Gasteiger partial charge in [0, 0.05) is 41.7 Å².